The molecule has 0 bridgehead atoms. The van der Waals surface area contributed by atoms with Crippen LogP contribution in [0.5, 0.6) is 5.75 Å². The lowest BCUT2D eigenvalue weighted by Crippen LogP contribution is -2.38. The summed E-state index contributed by atoms with van der Waals surface area (Å²) in [5.74, 6) is 1.81. The van der Waals surface area contributed by atoms with E-state index in [1.54, 1.807) is 7.11 Å². The van der Waals surface area contributed by atoms with Crippen LogP contribution in [0.25, 0.3) is 0 Å². The summed E-state index contributed by atoms with van der Waals surface area (Å²) in [6.45, 7) is 8.16. The average Bonchev–Trinajstić information content (AvgIpc) is 2.57. The van der Waals surface area contributed by atoms with Gasteiger partial charge in [0.05, 0.1) is 6.61 Å². The molecule has 0 spiro atoms. The first kappa shape index (κ1) is 23.0. The van der Waals surface area contributed by atoms with Crippen LogP contribution in [0.3, 0.4) is 0 Å². The molecule has 24 heavy (non-hydrogen) atoms. The first-order valence-corrected chi connectivity index (χ1v) is 8.53. The van der Waals surface area contributed by atoms with Crippen LogP contribution >= 0.6 is 24.0 Å². The first-order valence-electron chi connectivity index (χ1n) is 8.53. The van der Waals surface area contributed by atoms with E-state index in [0.29, 0.717) is 0 Å². The Hall–Kier alpha value is -1.02. The van der Waals surface area contributed by atoms with Gasteiger partial charge < -0.3 is 20.1 Å². The molecule has 0 saturated carbocycles. The van der Waals surface area contributed by atoms with Crippen molar-refractivity contribution in [3.8, 4) is 5.75 Å². The van der Waals surface area contributed by atoms with Crippen molar-refractivity contribution < 1.29 is 9.47 Å². The Labute approximate surface area is 163 Å². The molecule has 0 aromatic heterocycles. The molecule has 2 N–H and O–H groups in total. The topological polar surface area (TPSA) is 54.9 Å². The van der Waals surface area contributed by atoms with E-state index in [-0.39, 0.29) is 24.0 Å². The van der Waals surface area contributed by atoms with E-state index in [1.807, 2.05) is 12.1 Å². The predicted molar refractivity (Wildman–Crippen MR) is 112 cm³/mol. The molecule has 0 unspecified atom stereocenters. The van der Waals surface area contributed by atoms with Gasteiger partial charge in [0.25, 0.3) is 0 Å². The summed E-state index contributed by atoms with van der Waals surface area (Å²) in [7, 11) is 1.71. The molecular weight excluding hydrogens is 417 g/mol. The van der Waals surface area contributed by atoms with Crippen LogP contribution in [0.15, 0.2) is 29.3 Å². The number of hydrogen-bond donors (Lipinski definition) is 2. The minimum absolute atomic E-state index is 0. The highest BCUT2D eigenvalue weighted by molar-refractivity contribution is 14.0. The van der Waals surface area contributed by atoms with E-state index < -0.39 is 0 Å². The standard InChI is InChI=1S/C18H31N3O2.HI/c1-4-13-23-17-9-6-8-16(15-17)10-12-21-18(19-5-2)20-11-7-14-22-3;/h6,8-9,15H,4-5,7,10-14H2,1-3H3,(H2,19,20,21);1H. The smallest absolute Gasteiger partial charge is 0.191 e. The third-order valence-electron chi connectivity index (χ3n) is 3.20. The van der Waals surface area contributed by atoms with Gasteiger partial charge >= 0.3 is 0 Å². The highest BCUT2D eigenvalue weighted by atomic mass is 127. The van der Waals surface area contributed by atoms with Crippen molar-refractivity contribution in [3.05, 3.63) is 29.8 Å². The summed E-state index contributed by atoms with van der Waals surface area (Å²) in [6.07, 6.45) is 2.90. The van der Waals surface area contributed by atoms with E-state index >= 15 is 0 Å². The van der Waals surface area contributed by atoms with Crippen LogP contribution < -0.4 is 15.4 Å². The second kappa shape index (κ2) is 15.5. The van der Waals surface area contributed by atoms with Gasteiger partial charge in [-0.1, -0.05) is 19.1 Å². The van der Waals surface area contributed by atoms with E-state index in [4.69, 9.17) is 9.47 Å². The molecule has 0 aliphatic heterocycles. The summed E-state index contributed by atoms with van der Waals surface area (Å²) in [5, 5.41) is 6.62. The second-order valence-electron chi connectivity index (χ2n) is 5.28. The van der Waals surface area contributed by atoms with Gasteiger partial charge in [-0.2, -0.15) is 0 Å². The molecule has 0 atom stereocenters. The average molecular weight is 449 g/mol. The number of aliphatic imine (C=N–C) groups is 1. The van der Waals surface area contributed by atoms with E-state index in [9.17, 15) is 0 Å². The molecule has 0 radical (unpaired) electrons. The van der Waals surface area contributed by atoms with Gasteiger partial charge in [-0.3, -0.25) is 4.99 Å². The number of nitrogens with one attached hydrogen (secondary N) is 2. The Morgan fingerprint density at radius 3 is 2.71 bits per heavy atom. The normalized spacial score (nSPS) is 10.9. The van der Waals surface area contributed by atoms with E-state index in [0.717, 1.165) is 63.8 Å². The first-order chi connectivity index (χ1) is 11.3. The fraction of sp³-hybridized carbons (Fsp3) is 0.611. The number of guanidine groups is 1. The number of ether oxygens (including phenoxy) is 2. The third kappa shape index (κ3) is 10.7. The van der Waals surface area contributed by atoms with Crippen LogP contribution in [-0.4, -0.2) is 45.9 Å². The Kier molecular flexibility index (Phi) is 14.8. The van der Waals surface area contributed by atoms with Crippen LogP contribution in [0.2, 0.25) is 0 Å². The maximum Gasteiger partial charge on any atom is 0.191 e. The lowest BCUT2D eigenvalue weighted by atomic mass is 10.1. The number of benzene rings is 1. The maximum absolute atomic E-state index is 5.67. The van der Waals surface area contributed by atoms with Crippen molar-refractivity contribution in [1.29, 1.82) is 0 Å². The predicted octanol–water partition coefficient (Wildman–Crippen LogP) is 3.23. The van der Waals surface area contributed by atoms with Crippen LogP contribution in [-0.2, 0) is 11.2 Å². The number of halogens is 1. The van der Waals surface area contributed by atoms with E-state index in [1.165, 1.54) is 5.56 Å². The van der Waals surface area contributed by atoms with Gasteiger partial charge in [-0.25, -0.2) is 0 Å². The van der Waals surface area contributed by atoms with Crippen LogP contribution in [0, 0.1) is 0 Å². The molecule has 5 nitrogen and oxygen atoms in total. The Balaban J connectivity index is 0.00000529. The second-order valence-corrected chi connectivity index (χ2v) is 5.28. The monoisotopic (exact) mass is 449 g/mol. The summed E-state index contributed by atoms with van der Waals surface area (Å²) in [4.78, 5) is 4.53. The Morgan fingerprint density at radius 1 is 1.17 bits per heavy atom. The van der Waals surface area contributed by atoms with Crippen LogP contribution in [0.1, 0.15) is 32.3 Å². The van der Waals surface area contributed by atoms with Crippen molar-refractivity contribution in [1.82, 2.24) is 10.6 Å². The summed E-state index contributed by atoms with van der Waals surface area (Å²) < 4.78 is 10.7. The Bertz CT molecular complexity index is 456. The molecule has 1 aromatic carbocycles. The highest BCUT2D eigenvalue weighted by Gasteiger charge is 2.00. The zero-order valence-corrected chi connectivity index (χ0v) is 17.5. The molecule has 1 rings (SSSR count). The molecule has 1 aromatic rings. The summed E-state index contributed by atoms with van der Waals surface area (Å²) >= 11 is 0. The number of hydrogen-bond acceptors (Lipinski definition) is 3. The number of nitrogens with zero attached hydrogens (tertiary/aromatic N) is 1. The lowest BCUT2D eigenvalue weighted by Gasteiger charge is -2.12. The van der Waals surface area contributed by atoms with Gasteiger partial charge in [0, 0.05) is 33.4 Å². The Morgan fingerprint density at radius 2 is 2.00 bits per heavy atom. The molecular formula is C18H32IN3O2. The molecule has 0 heterocycles. The van der Waals surface area contributed by atoms with Crippen molar-refractivity contribution in [2.75, 3.05) is 40.0 Å². The number of methoxy groups -OCH3 is 1. The minimum atomic E-state index is 0. The zero-order valence-electron chi connectivity index (χ0n) is 15.1. The minimum Gasteiger partial charge on any atom is -0.494 e. The van der Waals surface area contributed by atoms with Crippen molar-refractivity contribution in [2.45, 2.75) is 33.1 Å². The van der Waals surface area contributed by atoms with Gasteiger partial charge in [-0.15, -0.1) is 24.0 Å². The summed E-state index contributed by atoms with van der Waals surface area (Å²) in [5.41, 5.74) is 1.27. The third-order valence-corrected chi connectivity index (χ3v) is 3.20. The molecule has 0 saturated heterocycles. The molecule has 0 fully saturated rings. The lowest BCUT2D eigenvalue weighted by molar-refractivity contribution is 0.197. The maximum atomic E-state index is 5.67. The van der Waals surface area contributed by atoms with Crippen molar-refractivity contribution in [2.24, 2.45) is 4.99 Å². The van der Waals surface area contributed by atoms with Gasteiger partial charge in [0.15, 0.2) is 5.96 Å². The van der Waals surface area contributed by atoms with Gasteiger partial charge in [0.2, 0.25) is 0 Å². The zero-order chi connectivity index (χ0) is 16.8. The molecule has 0 aliphatic rings. The molecule has 6 heteroatoms. The highest BCUT2D eigenvalue weighted by Crippen LogP contribution is 2.13. The van der Waals surface area contributed by atoms with Crippen molar-refractivity contribution in [3.63, 3.8) is 0 Å². The van der Waals surface area contributed by atoms with Crippen LogP contribution in [0.4, 0.5) is 0 Å². The molecule has 138 valence electrons. The fourth-order valence-corrected chi connectivity index (χ4v) is 2.08. The van der Waals surface area contributed by atoms with Crippen molar-refractivity contribution >= 4 is 29.9 Å². The van der Waals surface area contributed by atoms with Gasteiger partial charge in [0.1, 0.15) is 5.75 Å². The van der Waals surface area contributed by atoms with Gasteiger partial charge in [-0.05, 0) is 43.9 Å². The molecule has 0 aliphatic carbocycles. The van der Waals surface area contributed by atoms with E-state index in [2.05, 4.69) is 41.6 Å². The SMILES string of the molecule is CCCOc1cccc(CCNC(=NCCCOC)NCC)c1.I. The quantitative estimate of drug-likeness (QED) is 0.236. The number of rotatable bonds is 11. The fourth-order valence-electron chi connectivity index (χ4n) is 2.08. The largest absolute Gasteiger partial charge is 0.494 e. The molecule has 0 amide bonds. The summed E-state index contributed by atoms with van der Waals surface area (Å²) in [6, 6.07) is 8.29.